The molecular formula is C13H18FNO2. The summed E-state index contributed by atoms with van der Waals surface area (Å²) < 4.78 is 18.3. The molecule has 1 atom stereocenters. The summed E-state index contributed by atoms with van der Waals surface area (Å²) in [5.74, 6) is -0.0496. The molecule has 0 radical (unpaired) electrons. The smallest absolute Gasteiger partial charge is 0.165 e. The zero-order valence-corrected chi connectivity index (χ0v) is 10.7. The Morgan fingerprint density at radius 1 is 1.53 bits per heavy atom. The Morgan fingerprint density at radius 3 is 2.65 bits per heavy atom. The molecule has 1 aromatic carbocycles. The van der Waals surface area contributed by atoms with Gasteiger partial charge in [-0.1, -0.05) is 6.07 Å². The molecule has 0 heterocycles. The molecule has 0 aromatic heterocycles. The van der Waals surface area contributed by atoms with Gasteiger partial charge < -0.3 is 4.74 Å². The van der Waals surface area contributed by atoms with Crippen LogP contribution in [0.25, 0.3) is 0 Å². The maximum Gasteiger partial charge on any atom is 0.165 e. The first-order valence-electron chi connectivity index (χ1n) is 5.48. The van der Waals surface area contributed by atoms with Crippen molar-refractivity contribution < 1.29 is 13.9 Å². The fourth-order valence-electron chi connectivity index (χ4n) is 1.54. The highest BCUT2D eigenvalue weighted by Gasteiger charge is 2.14. The van der Waals surface area contributed by atoms with E-state index in [0.29, 0.717) is 6.54 Å². The van der Waals surface area contributed by atoms with Gasteiger partial charge in [-0.25, -0.2) is 4.39 Å². The lowest BCUT2D eigenvalue weighted by Crippen LogP contribution is -2.34. The van der Waals surface area contributed by atoms with Gasteiger partial charge in [0, 0.05) is 6.54 Å². The van der Waals surface area contributed by atoms with Crippen LogP contribution >= 0.6 is 0 Å². The van der Waals surface area contributed by atoms with E-state index in [9.17, 15) is 9.18 Å². The average Bonchev–Trinajstić information content (AvgIpc) is 2.28. The molecule has 0 aliphatic rings. The number of methoxy groups -OCH3 is 1. The van der Waals surface area contributed by atoms with Gasteiger partial charge in [-0.05, 0) is 38.6 Å². The Balaban J connectivity index is 2.75. The number of ether oxygens (including phenoxy) is 1. The van der Waals surface area contributed by atoms with Crippen LogP contribution in [-0.2, 0) is 11.3 Å². The van der Waals surface area contributed by atoms with Gasteiger partial charge in [0.1, 0.15) is 5.78 Å². The van der Waals surface area contributed by atoms with Crippen LogP contribution in [0.2, 0.25) is 0 Å². The summed E-state index contributed by atoms with van der Waals surface area (Å²) in [5.41, 5.74) is 0.818. The van der Waals surface area contributed by atoms with E-state index in [-0.39, 0.29) is 23.4 Å². The van der Waals surface area contributed by atoms with Crippen molar-refractivity contribution in [1.82, 2.24) is 4.90 Å². The molecular weight excluding hydrogens is 221 g/mol. The summed E-state index contributed by atoms with van der Waals surface area (Å²) in [6.07, 6.45) is 0. The molecule has 94 valence electrons. The fourth-order valence-corrected chi connectivity index (χ4v) is 1.54. The predicted molar refractivity (Wildman–Crippen MR) is 64.6 cm³/mol. The molecule has 1 unspecified atom stereocenters. The van der Waals surface area contributed by atoms with E-state index in [1.54, 1.807) is 19.1 Å². The van der Waals surface area contributed by atoms with E-state index in [1.165, 1.54) is 13.2 Å². The number of hydrogen-bond donors (Lipinski definition) is 0. The molecule has 17 heavy (non-hydrogen) atoms. The summed E-state index contributed by atoms with van der Waals surface area (Å²) in [7, 11) is 3.27. The lowest BCUT2D eigenvalue weighted by atomic mass is 10.1. The van der Waals surface area contributed by atoms with Gasteiger partial charge in [0.2, 0.25) is 0 Å². The molecule has 0 saturated heterocycles. The van der Waals surface area contributed by atoms with Gasteiger partial charge in [0.05, 0.1) is 13.2 Å². The number of rotatable bonds is 5. The third-order valence-corrected chi connectivity index (χ3v) is 2.90. The number of likely N-dealkylation sites (N-methyl/N-ethyl adjacent to an activating group) is 1. The number of Topliss-reactive ketones (excluding diaryl/α,β-unsaturated/α-hetero) is 1. The van der Waals surface area contributed by atoms with Gasteiger partial charge in [-0.15, -0.1) is 0 Å². The summed E-state index contributed by atoms with van der Waals surface area (Å²) in [4.78, 5) is 13.1. The zero-order chi connectivity index (χ0) is 13.0. The Kier molecular flexibility index (Phi) is 4.63. The lowest BCUT2D eigenvalue weighted by molar-refractivity contribution is -0.121. The highest BCUT2D eigenvalue weighted by Crippen LogP contribution is 2.18. The van der Waals surface area contributed by atoms with E-state index >= 15 is 0 Å². The average molecular weight is 239 g/mol. The van der Waals surface area contributed by atoms with Crippen molar-refractivity contribution in [3.05, 3.63) is 29.6 Å². The summed E-state index contributed by atoms with van der Waals surface area (Å²) >= 11 is 0. The van der Waals surface area contributed by atoms with E-state index in [4.69, 9.17) is 4.74 Å². The van der Waals surface area contributed by atoms with Crippen LogP contribution in [0.3, 0.4) is 0 Å². The number of benzene rings is 1. The molecule has 0 saturated carbocycles. The zero-order valence-electron chi connectivity index (χ0n) is 10.7. The largest absolute Gasteiger partial charge is 0.494 e. The first-order chi connectivity index (χ1) is 7.95. The van der Waals surface area contributed by atoms with Crippen molar-refractivity contribution in [2.24, 2.45) is 0 Å². The first-order valence-corrected chi connectivity index (χ1v) is 5.48. The third-order valence-electron chi connectivity index (χ3n) is 2.90. The second-order valence-corrected chi connectivity index (χ2v) is 4.17. The quantitative estimate of drug-likeness (QED) is 0.789. The first kappa shape index (κ1) is 13.6. The van der Waals surface area contributed by atoms with Crippen LogP contribution in [0, 0.1) is 5.82 Å². The van der Waals surface area contributed by atoms with Crippen molar-refractivity contribution in [3.63, 3.8) is 0 Å². The van der Waals surface area contributed by atoms with E-state index in [1.807, 2.05) is 18.9 Å². The number of ketones is 1. The highest BCUT2D eigenvalue weighted by atomic mass is 19.1. The molecule has 0 N–H and O–H groups in total. The van der Waals surface area contributed by atoms with E-state index in [2.05, 4.69) is 0 Å². The second-order valence-electron chi connectivity index (χ2n) is 4.17. The fraction of sp³-hybridized carbons (Fsp3) is 0.462. The minimum Gasteiger partial charge on any atom is -0.494 e. The summed E-state index contributed by atoms with van der Waals surface area (Å²) in [6.45, 7) is 3.92. The van der Waals surface area contributed by atoms with Crippen LogP contribution in [-0.4, -0.2) is 30.9 Å². The maximum atomic E-state index is 13.5. The van der Waals surface area contributed by atoms with Gasteiger partial charge in [0.25, 0.3) is 0 Å². The summed E-state index contributed by atoms with van der Waals surface area (Å²) in [6, 6.07) is 4.66. The molecule has 0 aliphatic heterocycles. The van der Waals surface area contributed by atoms with Gasteiger partial charge in [0.15, 0.2) is 11.6 Å². The maximum absolute atomic E-state index is 13.5. The Morgan fingerprint density at radius 2 is 2.18 bits per heavy atom. The molecule has 3 nitrogen and oxygen atoms in total. The van der Waals surface area contributed by atoms with Crippen molar-refractivity contribution in [3.8, 4) is 5.75 Å². The van der Waals surface area contributed by atoms with Crippen LogP contribution in [0.4, 0.5) is 4.39 Å². The molecule has 1 aromatic rings. The predicted octanol–water partition coefficient (Wildman–Crippen LogP) is 2.24. The molecule has 0 bridgehead atoms. The molecule has 0 amide bonds. The molecule has 4 heteroatoms. The lowest BCUT2D eigenvalue weighted by Gasteiger charge is -2.22. The minimum absolute atomic E-state index is 0.0986. The monoisotopic (exact) mass is 239 g/mol. The van der Waals surface area contributed by atoms with Crippen molar-refractivity contribution in [2.45, 2.75) is 26.4 Å². The van der Waals surface area contributed by atoms with Crippen LogP contribution in [0.5, 0.6) is 5.75 Å². The minimum atomic E-state index is -0.381. The van der Waals surface area contributed by atoms with Crippen LogP contribution in [0.1, 0.15) is 19.4 Å². The number of halogens is 1. The topological polar surface area (TPSA) is 29.5 Å². The van der Waals surface area contributed by atoms with Crippen molar-refractivity contribution in [2.75, 3.05) is 14.2 Å². The van der Waals surface area contributed by atoms with Crippen molar-refractivity contribution >= 4 is 5.78 Å². The van der Waals surface area contributed by atoms with Crippen molar-refractivity contribution in [1.29, 1.82) is 0 Å². The molecule has 0 aliphatic carbocycles. The molecule has 0 spiro atoms. The van der Waals surface area contributed by atoms with Gasteiger partial charge in [-0.2, -0.15) is 0 Å². The van der Waals surface area contributed by atoms with Crippen LogP contribution < -0.4 is 4.74 Å². The molecule has 1 rings (SSSR count). The number of hydrogen-bond acceptors (Lipinski definition) is 3. The van der Waals surface area contributed by atoms with E-state index in [0.717, 1.165) is 5.56 Å². The third kappa shape index (κ3) is 3.53. The standard InChI is InChI=1S/C13H18FNO2/c1-9(10(2)16)15(3)8-11-5-6-13(17-4)12(14)7-11/h5-7,9H,8H2,1-4H3. The van der Waals surface area contributed by atoms with E-state index < -0.39 is 0 Å². The second kappa shape index (κ2) is 5.77. The normalized spacial score (nSPS) is 12.6. The molecule has 0 fully saturated rings. The van der Waals surface area contributed by atoms with Crippen LogP contribution in [0.15, 0.2) is 18.2 Å². The number of nitrogens with zero attached hydrogens (tertiary/aromatic N) is 1. The Hall–Kier alpha value is -1.42. The highest BCUT2D eigenvalue weighted by molar-refractivity contribution is 5.80. The SMILES string of the molecule is COc1ccc(CN(C)C(C)C(C)=O)cc1F. The Labute approximate surface area is 101 Å². The summed E-state index contributed by atoms with van der Waals surface area (Å²) in [5, 5.41) is 0. The number of carbonyl (C=O) groups excluding carboxylic acids is 1. The Bertz CT molecular complexity index is 406. The van der Waals surface area contributed by atoms with Gasteiger partial charge >= 0.3 is 0 Å². The number of carbonyl (C=O) groups is 1. The van der Waals surface area contributed by atoms with Gasteiger partial charge in [-0.3, -0.25) is 9.69 Å².